The van der Waals surface area contributed by atoms with E-state index in [1.807, 2.05) is 44.2 Å². The Bertz CT molecular complexity index is 1280. The van der Waals surface area contributed by atoms with E-state index in [1.165, 1.54) is 17.8 Å². The first-order valence-corrected chi connectivity index (χ1v) is 11.7. The van der Waals surface area contributed by atoms with Crippen molar-refractivity contribution >= 4 is 29.3 Å². The van der Waals surface area contributed by atoms with Crippen LogP contribution in [-0.2, 0) is 16.2 Å². The molecule has 0 saturated carbocycles. The number of amides is 2. The van der Waals surface area contributed by atoms with Crippen molar-refractivity contribution < 1.29 is 18.4 Å². The molecule has 0 aliphatic carbocycles. The van der Waals surface area contributed by atoms with Gasteiger partial charge in [-0.3, -0.25) is 9.59 Å². The number of anilines is 1. The lowest BCUT2D eigenvalue weighted by Crippen LogP contribution is -2.50. The number of benzene rings is 3. The molecule has 33 heavy (non-hydrogen) atoms. The first-order chi connectivity index (χ1) is 15.8. The maximum absolute atomic E-state index is 14.0. The summed E-state index contributed by atoms with van der Waals surface area (Å²) in [4.78, 5) is 29.6. The molecule has 1 atom stereocenters. The summed E-state index contributed by atoms with van der Waals surface area (Å²) in [6, 6.07) is 16.7. The number of fused-ring (bicyclic) bond motifs is 2. The number of aryl methyl sites for hydroxylation is 2. The van der Waals surface area contributed by atoms with E-state index < -0.39 is 16.5 Å². The lowest BCUT2D eigenvalue weighted by atomic mass is 10.0. The van der Waals surface area contributed by atoms with E-state index in [4.69, 9.17) is 0 Å². The van der Waals surface area contributed by atoms with Crippen LogP contribution in [0, 0.1) is 25.5 Å². The summed E-state index contributed by atoms with van der Waals surface area (Å²) in [6.45, 7) is 4.43. The Labute approximate surface area is 195 Å². The zero-order valence-corrected chi connectivity index (χ0v) is 19.1. The van der Waals surface area contributed by atoms with E-state index in [1.54, 1.807) is 21.9 Å². The number of nitrogens with zero attached hydrogens (tertiary/aromatic N) is 2. The van der Waals surface area contributed by atoms with Gasteiger partial charge in [0.05, 0.1) is 12.2 Å². The Hall–Kier alpha value is -3.19. The van der Waals surface area contributed by atoms with Gasteiger partial charge in [0.1, 0.15) is 0 Å². The van der Waals surface area contributed by atoms with Crippen LogP contribution < -0.4 is 4.90 Å². The molecule has 2 aliphatic rings. The van der Waals surface area contributed by atoms with Crippen molar-refractivity contribution in [2.45, 2.75) is 25.3 Å². The Kier molecular flexibility index (Phi) is 5.24. The summed E-state index contributed by atoms with van der Waals surface area (Å²) in [7, 11) is 0. The standard InChI is InChI=1S/C26H22F2N2O2S/c1-16-3-7-19(8-4-16)24(31)30-11-12-33-26(30)20-13-17(2)5-10-23(20)29(25(26)32)15-18-6-9-21(27)22(28)14-18/h3-10,13-14H,11-12,15H2,1-2H3. The van der Waals surface area contributed by atoms with Crippen LogP contribution in [0.25, 0.3) is 0 Å². The summed E-state index contributed by atoms with van der Waals surface area (Å²) in [6.07, 6.45) is 0. The van der Waals surface area contributed by atoms with E-state index in [9.17, 15) is 18.4 Å². The summed E-state index contributed by atoms with van der Waals surface area (Å²) >= 11 is 1.45. The molecule has 2 heterocycles. The molecule has 5 rings (SSSR count). The summed E-state index contributed by atoms with van der Waals surface area (Å²) in [5.41, 5.74) is 4.48. The molecule has 0 radical (unpaired) electrons. The summed E-state index contributed by atoms with van der Waals surface area (Å²) in [5.74, 6) is -1.70. The molecular weight excluding hydrogens is 442 g/mol. The van der Waals surface area contributed by atoms with Crippen molar-refractivity contribution in [2.75, 3.05) is 17.2 Å². The quantitative estimate of drug-likeness (QED) is 0.537. The van der Waals surface area contributed by atoms with E-state index >= 15 is 0 Å². The summed E-state index contributed by atoms with van der Waals surface area (Å²) in [5, 5.41) is 0. The van der Waals surface area contributed by atoms with Crippen molar-refractivity contribution in [1.29, 1.82) is 0 Å². The second-order valence-corrected chi connectivity index (χ2v) is 9.76. The van der Waals surface area contributed by atoms with Gasteiger partial charge >= 0.3 is 0 Å². The molecule has 0 bridgehead atoms. The smallest absolute Gasteiger partial charge is 0.268 e. The Morgan fingerprint density at radius 3 is 2.42 bits per heavy atom. The van der Waals surface area contributed by atoms with Gasteiger partial charge < -0.3 is 9.80 Å². The van der Waals surface area contributed by atoms with Crippen LogP contribution in [0.15, 0.2) is 60.7 Å². The Morgan fingerprint density at radius 1 is 0.970 bits per heavy atom. The molecule has 3 aromatic rings. The third-order valence-corrected chi connectivity index (χ3v) is 7.64. The second kappa shape index (κ2) is 7.99. The van der Waals surface area contributed by atoms with Crippen molar-refractivity contribution in [3.63, 3.8) is 0 Å². The van der Waals surface area contributed by atoms with Crippen molar-refractivity contribution in [3.8, 4) is 0 Å². The average Bonchev–Trinajstić information content (AvgIpc) is 3.33. The highest BCUT2D eigenvalue weighted by Crippen LogP contribution is 2.55. The maximum atomic E-state index is 14.0. The molecule has 2 aliphatic heterocycles. The average molecular weight is 465 g/mol. The van der Waals surface area contributed by atoms with Crippen molar-refractivity contribution in [2.24, 2.45) is 0 Å². The van der Waals surface area contributed by atoms with E-state index in [2.05, 4.69) is 0 Å². The Morgan fingerprint density at radius 2 is 1.70 bits per heavy atom. The predicted octanol–water partition coefficient (Wildman–Crippen LogP) is 5.17. The molecule has 7 heteroatoms. The molecule has 0 aromatic heterocycles. The number of carbonyl (C=O) groups excluding carboxylic acids is 2. The minimum Gasteiger partial charge on any atom is -0.311 e. The zero-order valence-electron chi connectivity index (χ0n) is 18.3. The molecule has 3 aromatic carbocycles. The van der Waals surface area contributed by atoms with Gasteiger partial charge in [0.2, 0.25) is 0 Å². The SMILES string of the molecule is Cc1ccc(C(=O)N2CCSC23C(=O)N(Cc2ccc(F)c(F)c2)c2ccc(C)cc23)cc1. The number of halogens is 2. The van der Waals surface area contributed by atoms with Crippen LogP contribution in [-0.4, -0.2) is 29.0 Å². The third kappa shape index (κ3) is 3.42. The number of hydrogen-bond donors (Lipinski definition) is 0. The van der Waals surface area contributed by atoms with Gasteiger partial charge in [-0.15, -0.1) is 11.8 Å². The highest BCUT2D eigenvalue weighted by atomic mass is 32.2. The number of rotatable bonds is 3. The van der Waals surface area contributed by atoms with Gasteiger partial charge in [0, 0.05) is 23.4 Å². The third-order valence-electron chi connectivity index (χ3n) is 6.22. The molecule has 1 spiro atoms. The number of thioether (sulfide) groups is 1. The van der Waals surface area contributed by atoms with Gasteiger partial charge in [-0.1, -0.05) is 41.5 Å². The minimum absolute atomic E-state index is 0.0843. The van der Waals surface area contributed by atoms with E-state index in [0.717, 1.165) is 28.8 Å². The van der Waals surface area contributed by atoms with Crippen LogP contribution in [0.2, 0.25) is 0 Å². The molecule has 4 nitrogen and oxygen atoms in total. The normalized spacial score (nSPS) is 19.5. The first-order valence-electron chi connectivity index (χ1n) is 10.7. The Balaban J connectivity index is 1.59. The van der Waals surface area contributed by atoms with Crippen LogP contribution in [0.5, 0.6) is 0 Å². The maximum Gasteiger partial charge on any atom is 0.268 e. The van der Waals surface area contributed by atoms with Crippen LogP contribution in [0.4, 0.5) is 14.5 Å². The predicted molar refractivity (Wildman–Crippen MR) is 125 cm³/mol. The molecule has 1 unspecified atom stereocenters. The summed E-state index contributed by atoms with van der Waals surface area (Å²) < 4.78 is 27.3. The zero-order chi connectivity index (χ0) is 23.3. The van der Waals surface area contributed by atoms with Crippen LogP contribution >= 0.6 is 11.8 Å². The lowest BCUT2D eigenvalue weighted by molar-refractivity contribution is -0.123. The molecule has 1 fully saturated rings. The highest BCUT2D eigenvalue weighted by Gasteiger charge is 2.59. The molecule has 168 valence electrons. The van der Waals surface area contributed by atoms with Gasteiger partial charge in [-0.2, -0.15) is 0 Å². The van der Waals surface area contributed by atoms with Gasteiger partial charge in [0.25, 0.3) is 11.8 Å². The van der Waals surface area contributed by atoms with Crippen LogP contribution in [0.3, 0.4) is 0 Å². The fourth-order valence-electron chi connectivity index (χ4n) is 4.56. The molecule has 2 amide bonds. The van der Waals surface area contributed by atoms with Gasteiger partial charge in [-0.25, -0.2) is 8.78 Å². The minimum atomic E-state index is -1.18. The highest BCUT2D eigenvalue weighted by molar-refractivity contribution is 8.01. The molecular formula is C26H22F2N2O2S. The molecule has 1 saturated heterocycles. The van der Waals surface area contributed by atoms with E-state index in [0.29, 0.717) is 29.1 Å². The monoisotopic (exact) mass is 464 g/mol. The van der Waals surface area contributed by atoms with Crippen molar-refractivity contribution in [3.05, 3.63) is 100 Å². The molecule has 0 N–H and O–H groups in total. The van der Waals surface area contributed by atoms with Crippen LogP contribution in [0.1, 0.15) is 32.6 Å². The van der Waals surface area contributed by atoms with E-state index in [-0.39, 0.29) is 18.4 Å². The lowest BCUT2D eigenvalue weighted by Gasteiger charge is -2.33. The first kappa shape index (κ1) is 21.6. The largest absolute Gasteiger partial charge is 0.311 e. The van der Waals surface area contributed by atoms with Crippen molar-refractivity contribution in [1.82, 2.24) is 4.90 Å². The second-order valence-electron chi connectivity index (χ2n) is 8.48. The fourth-order valence-corrected chi connectivity index (χ4v) is 6.01. The van der Waals surface area contributed by atoms with Gasteiger partial charge in [0.15, 0.2) is 16.5 Å². The number of carbonyl (C=O) groups is 2. The topological polar surface area (TPSA) is 40.6 Å². The fraction of sp³-hybridized carbons (Fsp3) is 0.231. The van der Waals surface area contributed by atoms with Gasteiger partial charge in [-0.05, 0) is 49.7 Å². The number of hydrogen-bond acceptors (Lipinski definition) is 3.